The second kappa shape index (κ2) is 3.68. The number of carbonyl (C=O) groups excluding carboxylic acids is 1. The maximum absolute atomic E-state index is 11.8. The topological polar surface area (TPSA) is 50.2 Å². The summed E-state index contributed by atoms with van der Waals surface area (Å²) in [5.41, 5.74) is -0.0783. The first kappa shape index (κ1) is 10.8. The van der Waals surface area contributed by atoms with Crippen LogP contribution >= 0.6 is 0 Å². The quantitative estimate of drug-likeness (QED) is 0.781. The normalized spacial score (nSPS) is 11.7. The summed E-state index contributed by atoms with van der Waals surface area (Å²) in [5.74, 6) is -0.314. The van der Waals surface area contributed by atoms with Crippen molar-refractivity contribution in [3.8, 4) is 0 Å². The highest BCUT2D eigenvalue weighted by Crippen LogP contribution is 2.17. The Bertz CT molecular complexity index is 541. The second-order valence-electron chi connectivity index (χ2n) is 4.30. The van der Waals surface area contributed by atoms with Crippen LogP contribution in [0.3, 0.4) is 0 Å². The van der Waals surface area contributed by atoms with Gasteiger partial charge in [0.25, 0.3) is 0 Å². The molecule has 0 unspecified atom stereocenters. The van der Waals surface area contributed by atoms with Crippen molar-refractivity contribution in [3.05, 3.63) is 42.1 Å². The molecule has 3 heteroatoms. The summed E-state index contributed by atoms with van der Waals surface area (Å²) in [7, 11) is 0. The molecule has 0 radical (unpaired) electrons. The molecule has 1 heterocycles. The lowest BCUT2D eigenvalue weighted by atomic mass is 9.97. The minimum absolute atomic E-state index is 0.314. The number of hydrogen-bond donors (Lipinski definition) is 1. The number of nitrogens with zero attached hydrogens (tertiary/aromatic N) is 1. The maximum Gasteiger partial charge on any atom is 0.195 e. The van der Waals surface area contributed by atoms with E-state index in [-0.39, 0.29) is 5.78 Å². The molecule has 2 rings (SSSR count). The molecular weight excluding hydrogens is 202 g/mol. The standard InChI is InChI=1S/C13H13NO2/c1-13(2,16)12(15)10-7-9-5-3-4-6-11(9)14-8-10/h3-8,16H,1-2H3. The van der Waals surface area contributed by atoms with Crippen molar-refractivity contribution >= 4 is 16.7 Å². The molecule has 3 nitrogen and oxygen atoms in total. The number of para-hydroxylation sites is 1. The molecule has 1 aromatic heterocycles. The van der Waals surface area contributed by atoms with Crippen LogP contribution in [-0.2, 0) is 0 Å². The Labute approximate surface area is 93.7 Å². The molecule has 0 aliphatic rings. The van der Waals surface area contributed by atoms with Crippen LogP contribution in [0.2, 0.25) is 0 Å². The fourth-order valence-electron chi connectivity index (χ4n) is 1.55. The van der Waals surface area contributed by atoms with Crippen LogP contribution in [-0.4, -0.2) is 21.5 Å². The van der Waals surface area contributed by atoms with E-state index in [1.54, 1.807) is 6.07 Å². The molecular formula is C13H13NO2. The van der Waals surface area contributed by atoms with Gasteiger partial charge in [-0.3, -0.25) is 9.78 Å². The zero-order valence-corrected chi connectivity index (χ0v) is 9.27. The molecule has 0 aliphatic carbocycles. The van der Waals surface area contributed by atoms with Crippen LogP contribution in [0.15, 0.2) is 36.5 Å². The van der Waals surface area contributed by atoms with Gasteiger partial charge in [0.15, 0.2) is 5.78 Å². The number of aliphatic hydroxyl groups is 1. The van der Waals surface area contributed by atoms with Crippen LogP contribution in [0.1, 0.15) is 24.2 Å². The van der Waals surface area contributed by atoms with E-state index in [2.05, 4.69) is 4.98 Å². The Morgan fingerprint density at radius 3 is 2.69 bits per heavy atom. The van der Waals surface area contributed by atoms with Gasteiger partial charge in [-0.05, 0) is 26.0 Å². The molecule has 1 aromatic carbocycles. The summed E-state index contributed by atoms with van der Waals surface area (Å²) in [4.78, 5) is 16.0. The minimum Gasteiger partial charge on any atom is -0.382 e. The van der Waals surface area contributed by atoms with Gasteiger partial charge in [-0.15, -0.1) is 0 Å². The zero-order valence-electron chi connectivity index (χ0n) is 9.27. The lowest BCUT2D eigenvalue weighted by Gasteiger charge is -2.15. The third kappa shape index (κ3) is 1.95. The summed E-state index contributed by atoms with van der Waals surface area (Å²) >= 11 is 0. The molecule has 16 heavy (non-hydrogen) atoms. The molecule has 0 amide bonds. The molecule has 1 N–H and O–H groups in total. The van der Waals surface area contributed by atoms with E-state index in [4.69, 9.17) is 0 Å². The van der Waals surface area contributed by atoms with Crippen molar-refractivity contribution in [2.24, 2.45) is 0 Å². The fourth-order valence-corrected chi connectivity index (χ4v) is 1.55. The highest BCUT2D eigenvalue weighted by atomic mass is 16.3. The Morgan fingerprint density at radius 1 is 1.31 bits per heavy atom. The number of fused-ring (bicyclic) bond motifs is 1. The van der Waals surface area contributed by atoms with Crippen LogP contribution < -0.4 is 0 Å². The van der Waals surface area contributed by atoms with E-state index in [9.17, 15) is 9.90 Å². The molecule has 82 valence electrons. The summed E-state index contributed by atoms with van der Waals surface area (Å²) in [6.07, 6.45) is 1.50. The molecule has 0 atom stereocenters. The molecule has 0 saturated heterocycles. The molecule has 2 aromatic rings. The van der Waals surface area contributed by atoms with Gasteiger partial charge in [-0.2, -0.15) is 0 Å². The van der Waals surface area contributed by atoms with Crippen molar-refractivity contribution in [3.63, 3.8) is 0 Å². The minimum atomic E-state index is -1.36. The number of pyridine rings is 1. The van der Waals surface area contributed by atoms with Crippen molar-refractivity contribution in [1.82, 2.24) is 4.98 Å². The van der Waals surface area contributed by atoms with Crippen LogP contribution in [0.4, 0.5) is 0 Å². The molecule has 0 aliphatic heterocycles. The predicted octanol–water partition coefficient (Wildman–Crippen LogP) is 2.19. The Balaban J connectivity index is 2.52. The van der Waals surface area contributed by atoms with Gasteiger partial charge in [-0.25, -0.2) is 0 Å². The van der Waals surface area contributed by atoms with Gasteiger partial charge in [0, 0.05) is 17.1 Å². The van der Waals surface area contributed by atoms with Gasteiger partial charge in [0.1, 0.15) is 5.60 Å². The summed E-state index contributed by atoms with van der Waals surface area (Å²) in [6, 6.07) is 9.31. The average Bonchev–Trinajstić information content (AvgIpc) is 2.26. The highest BCUT2D eigenvalue weighted by Gasteiger charge is 2.25. The van der Waals surface area contributed by atoms with Gasteiger partial charge in [-0.1, -0.05) is 18.2 Å². The Kier molecular flexibility index (Phi) is 2.48. The van der Waals surface area contributed by atoms with Crippen molar-refractivity contribution < 1.29 is 9.90 Å². The molecule has 0 spiro atoms. The number of carbonyl (C=O) groups is 1. The van der Waals surface area contributed by atoms with Crippen molar-refractivity contribution in [1.29, 1.82) is 0 Å². The number of aromatic nitrogens is 1. The predicted molar refractivity (Wildman–Crippen MR) is 62.4 cm³/mol. The monoisotopic (exact) mass is 215 g/mol. The van der Waals surface area contributed by atoms with Crippen LogP contribution in [0.5, 0.6) is 0 Å². The Hall–Kier alpha value is -1.74. The molecule has 0 fully saturated rings. The van der Waals surface area contributed by atoms with E-state index in [0.717, 1.165) is 10.9 Å². The smallest absolute Gasteiger partial charge is 0.195 e. The van der Waals surface area contributed by atoms with E-state index in [1.165, 1.54) is 20.0 Å². The van der Waals surface area contributed by atoms with Gasteiger partial charge >= 0.3 is 0 Å². The van der Waals surface area contributed by atoms with Gasteiger partial charge in [0.2, 0.25) is 0 Å². The number of Topliss-reactive ketones (excluding diaryl/α,β-unsaturated/α-hetero) is 1. The SMILES string of the molecule is CC(C)(O)C(=O)c1cnc2ccccc2c1. The van der Waals surface area contributed by atoms with E-state index < -0.39 is 5.60 Å². The largest absolute Gasteiger partial charge is 0.382 e. The third-order valence-corrected chi connectivity index (χ3v) is 2.41. The zero-order chi connectivity index (χ0) is 11.8. The van der Waals surface area contributed by atoms with E-state index >= 15 is 0 Å². The summed E-state index contributed by atoms with van der Waals surface area (Å²) in [5, 5.41) is 10.5. The average molecular weight is 215 g/mol. The number of ketones is 1. The lowest BCUT2D eigenvalue weighted by molar-refractivity contribution is 0.0488. The summed E-state index contributed by atoms with van der Waals surface area (Å²) in [6.45, 7) is 2.95. The summed E-state index contributed by atoms with van der Waals surface area (Å²) < 4.78 is 0. The highest BCUT2D eigenvalue weighted by molar-refractivity contribution is 6.03. The van der Waals surface area contributed by atoms with Gasteiger partial charge in [0.05, 0.1) is 5.52 Å². The van der Waals surface area contributed by atoms with E-state index in [1.807, 2.05) is 24.3 Å². The number of benzene rings is 1. The molecule has 0 saturated carbocycles. The first-order chi connectivity index (χ1) is 7.48. The third-order valence-electron chi connectivity index (χ3n) is 2.41. The van der Waals surface area contributed by atoms with Crippen LogP contribution in [0, 0.1) is 0 Å². The van der Waals surface area contributed by atoms with Crippen molar-refractivity contribution in [2.75, 3.05) is 0 Å². The number of hydrogen-bond acceptors (Lipinski definition) is 3. The first-order valence-corrected chi connectivity index (χ1v) is 5.10. The van der Waals surface area contributed by atoms with Crippen LogP contribution in [0.25, 0.3) is 10.9 Å². The number of rotatable bonds is 2. The molecule has 0 bridgehead atoms. The second-order valence-corrected chi connectivity index (χ2v) is 4.30. The first-order valence-electron chi connectivity index (χ1n) is 5.10. The van der Waals surface area contributed by atoms with Gasteiger partial charge < -0.3 is 5.11 Å². The fraction of sp³-hybridized carbons (Fsp3) is 0.231. The lowest BCUT2D eigenvalue weighted by Crippen LogP contribution is -2.31. The maximum atomic E-state index is 11.8. The Morgan fingerprint density at radius 2 is 2.00 bits per heavy atom. The van der Waals surface area contributed by atoms with E-state index in [0.29, 0.717) is 5.56 Å². The van der Waals surface area contributed by atoms with Crippen molar-refractivity contribution in [2.45, 2.75) is 19.4 Å².